The molecular formula is C14H22N2O. The third kappa shape index (κ3) is 3.84. The quantitative estimate of drug-likeness (QED) is 0.784. The van der Waals surface area contributed by atoms with Crippen molar-refractivity contribution in [1.29, 1.82) is 0 Å². The summed E-state index contributed by atoms with van der Waals surface area (Å²) in [5.41, 5.74) is 2.57. The summed E-state index contributed by atoms with van der Waals surface area (Å²) < 4.78 is 0. The smallest absolute Gasteiger partial charge is 0.272 e. The van der Waals surface area contributed by atoms with Crippen molar-refractivity contribution in [1.82, 2.24) is 9.88 Å². The molecule has 0 aliphatic rings. The van der Waals surface area contributed by atoms with E-state index in [1.54, 1.807) is 0 Å². The molecule has 3 nitrogen and oxygen atoms in total. The van der Waals surface area contributed by atoms with Gasteiger partial charge in [-0.2, -0.15) is 0 Å². The van der Waals surface area contributed by atoms with Crippen molar-refractivity contribution in [2.24, 2.45) is 0 Å². The Morgan fingerprint density at radius 3 is 2.24 bits per heavy atom. The van der Waals surface area contributed by atoms with Gasteiger partial charge in [-0.05, 0) is 44.4 Å². The first kappa shape index (κ1) is 13.7. The van der Waals surface area contributed by atoms with Crippen molar-refractivity contribution in [3.05, 3.63) is 29.1 Å². The Kier molecular flexibility index (Phi) is 5.13. The number of pyridine rings is 1. The lowest BCUT2D eigenvalue weighted by Crippen LogP contribution is -2.33. The van der Waals surface area contributed by atoms with Crippen LogP contribution in [0.4, 0.5) is 0 Å². The van der Waals surface area contributed by atoms with Gasteiger partial charge in [0.15, 0.2) is 0 Å². The van der Waals surface area contributed by atoms with Crippen LogP contribution in [-0.4, -0.2) is 28.9 Å². The zero-order chi connectivity index (χ0) is 12.8. The van der Waals surface area contributed by atoms with Gasteiger partial charge in [-0.3, -0.25) is 4.79 Å². The predicted molar refractivity (Wildman–Crippen MR) is 70.2 cm³/mol. The van der Waals surface area contributed by atoms with Gasteiger partial charge in [-0.15, -0.1) is 0 Å². The fraction of sp³-hybridized carbons (Fsp3) is 0.571. The first-order chi connectivity index (χ1) is 8.08. The highest BCUT2D eigenvalue weighted by atomic mass is 16.2. The first-order valence-electron chi connectivity index (χ1n) is 6.33. The van der Waals surface area contributed by atoms with Gasteiger partial charge in [0.25, 0.3) is 5.91 Å². The Labute approximate surface area is 104 Å². The maximum absolute atomic E-state index is 12.3. The number of amides is 1. The number of hydrogen-bond donors (Lipinski definition) is 0. The molecule has 1 aromatic heterocycles. The van der Waals surface area contributed by atoms with Crippen molar-refractivity contribution < 1.29 is 4.79 Å². The van der Waals surface area contributed by atoms with E-state index >= 15 is 0 Å². The highest BCUT2D eigenvalue weighted by Gasteiger charge is 2.15. The van der Waals surface area contributed by atoms with Crippen LogP contribution < -0.4 is 0 Å². The topological polar surface area (TPSA) is 33.2 Å². The molecule has 0 unspecified atom stereocenters. The summed E-state index contributed by atoms with van der Waals surface area (Å²) in [6.07, 6.45) is 1.97. The van der Waals surface area contributed by atoms with Crippen molar-refractivity contribution in [3.8, 4) is 0 Å². The number of aryl methyl sites for hydroxylation is 2. The molecule has 0 N–H and O–H groups in total. The van der Waals surface area contributed by atoms with Crippen LogP contribution in [0.1, 0.15) is 48.4 Å². The monoisotopic (exact) mass is 234 g/mol. The number of carbonyl (C=O) groups is 1. The van der Waals surface area contributed by atoms with E-state index in [0.29, 0.717) is 5.69 Å². The third-order valence-corrected chi connectivity index (χ3v) is 2.59. The summed E-state index contributed by atoms with van der Waals surface area (Å²) in [5, 5.41) is 0. The Bertz CT molecular complexity index is 362. The molecule has 1 heterocycles. The van der Waals surface area contributed by atoms with Gasteiger partial charge < -0.3 is 4.90 Å². The van der Waals surface area contributed by atoms with E-state index in [-0.39, 0.29) is 5.91 Å². The standard InChI is InChI=1S/C14H22N2O/c1-5-7-16(8-6-2)14(17)13-10-11(3)9-12(4)15-13/h9-10H,5-8H2,1-4H3. The van der Waals surface area contributed by atoms with Gasteiger partial charge in [0.2, 0.25) is 0 Å². The lowest BCUT2D eigenvalue weighted by Gasteiger charge is -2.21. The highest BCUT2D eigenvalue weighted by Crippen LogP contribution is 2.08. The molecule has 17 heavy (non-hydrogen) atoms. The van der Waals surface area contributed by atoms with Gasteiger partial charge in [0.05, 0.1) is 0 Å². The minimum absolute atomic E-state index is 0.0560. The summed E-state index contributed by atoms with van der Waals surface area (Å²) in [7, 11) is 0. The molecule has 0 radical (unpaired) electrons. The van der Waals surface area contributed by atoms with Gasteiger partial charge in [-0.25, -0.2) is 4.98 Å². The number of nitrogens with zero attached hydrogens (tertiary/aromatic N) is 2. The Balaban J connectivity index is 2.92. The summed E-state index contributed by atoms with van der Waals surface area (Å²) >= 11 is 0. The maximum Gasteiger partial charge on any atom is 0.272 e. The maximum atomic E-state index is 12.3. The lowest BCUT2D eigenvalue weighted by atomic mass is 10.2. The van der Waals surface area contributed by atoms with E-state index in [9.17, 15) is 4.79 Å². The van der Waals surface area contributed by atoms with Crippen molar-refractivity contribution in [2.45, 2.75) is 40.5 Å². The molecule has 0 saturated carbocycles. The summed E-state index contributed by atoms with van der Waals surface area (Å²) in [4.78, 5) is 18.5. The Hall–Kier alpha value is -1.38. The van der Waals surface area contributed by atoms with Crippen LogP contribution in [0.25, 0.3) is 0 Å². The van der Waals surface area contributed by atoms with E-state index in [1.165, 1.54) is 0 Å². The summed E-state index contributed by atoms with van der Waals surface area (Å²) in [5.74, 6) is 0.0560. The van der Waals surface area contributed by atoms with Crippen LogP contribution in [0.3, 0.4) is 0 Å². The minimum Gasteiger partial charge on any atom is -0.337 e. The number of aromatic nitrogens is 1. The van der Waals surface area contributed by atoms with Crippen LogP contribution in [0.15, 0.2) is 12.1 Å². The molecule has 0 fully saturated rings. The fourth-order valence-corrected chi connectivity index (χ4v) is 1.97. The van der Waals surface area contributed by atoms with Crippen LogP contribution in [-0.2, 0) is 0 Å². The van der Waals surface area contributed by atoms with Crippen molar-refractivity contribution in [2.75, 3.05) is 13.1 Å². The van der Waals surface area contributed by atoms with Crippen molar-refractivity contribution in [3.63, 3.8) is 0 Å². The molecule has 0 atom stereocenters. The first-order valence-corrected chi connectivity index (χ1v) is 6.33. The third-order valence-electron chi connectivity index (χ3n) is 2.59. The van der Waals surface area contributed by atoms with E-state index < -0.39 is 0 Å². The summed E-state index contributed by atoms with van der Waals surface area (Å²) in [6.45, 7) is 9.71. The zero-order valence-electron chi connectivity index (χ0n) is 11.3. The van der Waals surface area contributed by atoms with Crippen LogP contribution >= 0.6 is 0 Å². The van der Waals surface area contributed by atoms with E-state index in [1.807, 2.05) is 30.9 Å². The molecule has 94 valence electrons. The number of rotatable bonds is 5. The molecule has 1 rings (SSSR count). The normalized spacial score (nSPS) is 10.4. The molecule has 1 amide bonds. The van der Waals surface area contributed by atoms with Crippen LogP contribution in [0, 0.1) is 13.8 Å². The Morgan fingerprint density at radius 2 is 1.76 bits per heavy atom. The lowest BCUT2D eigenvalue weighted by molar-refractivity contribution is 0.0749. The number of hydrogen-bond acceptors (Lipinski definition) is 2. The fourth-order valence-electron chi connectivity index (χ4n) is 1.97. The molecule has 0 bridgehead atoms. The highest BCUT2D eigenvalue weighted by molar-refractivity contribution is 5.92. The zero-order valence-corrected chi connectivity index (χ0v) is 11.3. The van der Waals surface area contributed by atoms with Crippen LogP contribution in [0.2, 0.25) is 0 Å². The Morgan fingerprint density at radius 1 is 1.18 bits per heavy atom. The average molecular weight is 234 g/mol. The predicted octanol–water partition coefficient (Wildman–Crippen LogP) is 2.96. The van der Waals surface area contributed by atoms with E-state index in [2.05, 4.69) is 18.8 Å². The van der Waals surface area contributed by atoms with Crippen LogP contribution in [0.5, 0.6) is 0 Å². The van der Waals surface area contributed by atoms with E-state index in [0.717, 1.165) is 37.2 Å². The molecule has 1 aromatic rings. The molecule has 0 aliphatic heterocycles. The minimum atomic E-state index is 0.0560. The molecule has 0 aromatic carbocycles. The molecule has 3 heteroatoms. The molecule has 0 aliphatic carbocycles. The second-order valence-electron chi connectivity index (χ2n) is 4.46. The van der Waals surface area contributed by atoms with Gasteiger partial charge in [0.1, 0.15) is 5.69 Å². The largest absolute Gasteiger partial charge is 0.337 e. The molecule has 0 spiro atoms. The SMILES string of the molecule is CCCN(CCC)C(=O)c1cc(C)cc(C)n1. The molecular weight excluding hydrogens is 212 g/mol. The van der Waals surface area contributed by atoms with Gasteiger partial charge in [0, 0.05) is 18.8 Å². The van der Waals surface area contributed by atoms with Gasteiger partial charge in [-0.1, -0.05) is 13.8 Å². The van der Waals surface area contributed by atoms with E-state index in [4.69, 9.17) is 0 Å². The summed E-state index contributed by atoms with van der Waals surface area (Å²) in [6, 6.07) is 3.86. The molecule has 0 saturated heterocycles. The van der Waals surface area contributed by atoms with Crippen molar-refractivity contribution >= 4 is 5.91 Å². The second kappa shape index (κ2) is 6.38. The average Bonchev–Trinajstić information content (AvgIpc) is 2.26. The van der Waals surface area contributed by atoms with Gasteiger partial charge >= 0.3 is 0 Å². The second-order valence-corrected chi connectivity index (χ2v) is 4.46. The number of carbonyl (C=O) groups excluding carboxylic acids is 1.